The van der Waals surface area contributed by atoms with Gasteiger partial charge >= 0.3 is 8.56 Å². The highest BCUT2D eigenvalue weighted by molar-refractivity contribution is 6.71. The largest absolute Gasteiger partial charge is 0.391 e. The van der Waals surface area contributed by atoms with E-state index in [4.69, 9.17) is 8.85 Å². The minimum Gasteiger partial charge on any atom is -0.391 e. The van der Waals surface area contributed by atoms with Crippen molar-refractivity contribution in [3.8, 4) is 0 Å². The summed E-state index contributed by atoms with van der Waals surface area (Å²) < 4.78 is 12.5. The Bertz CT molecular complexity index is 184. The molecule has 1 saturated carbocycles. The molecule has 0 saturated heterocycles. The van der Waals surface area contributed by atoms with E-state index >= 15 is 0 Å². The van der Waals surface area contributed by atoms with Crippen LogP contribution in [-0.2, 0) is 8.85 Å². The van der Waals surface area contributed by atoms with E-state index in [1.54, 1.807) is 0 Å². The van der Waals surface area contributed by atoms with Crippen molar-refractivity contribution in [2.24, 2.45) is 0 Å². The molecular weight excluding hydrogens is 204 g/mol. The van der Waals surface area contributed by atoms with Crippen LogP contribution in [-0.4, -0.2) is 20.8 Å². The molecule has 90 valence electrons. The second kappa shape index (κ2) is 4.98. The molecule has 0 unspecified atom stereocenters. The van der Waals surface area contributed by atoms with Crippen LogP contribution in [0.25, 0.3) is 0 Å². The quantitative estimate of drug-likeness (QED) is 0.645. The third kappa shape index (κ3) is 3.30. The van der Waals surface area contributed by atoms with Crippen molar-refractivity contribution in [2.45, 2.75) is 77.7 Å². The van der Waals surface area contributed by atoms with Gasteiger partial charge in [0.15, 0.2) is 0 Å². The molecule has 0 N–H and O–H groups in total. The van der Waals surface area contributed by atoms with Gasteiger partial charge in [-0.25, -0.2) is 0 Å². The molecule has 0 spiro atoms. The summed E-state index contributed by atoms with van der Waals surface area (Å²) in [5, 5.41) is 0. The second-order valence-corrected chi connectivity index (χ2v) is 9.37. The molecule has 15 heavy (non-hydrogen) atoms. The van der Waals surface area contributed by atoms with Gasteiger partial charge in [0, 0.05) is 17.7 Å². The Hall–Kier alpha value is 0.137. The molecule has 1 aliphatic rings. The van der Waals surface area contributed by atoms with Crippen molar-refractivity contribution in [2.75, 3.05) is 0 Å². The molecule has 0 aromatic rings. The molecule has 0 bridgehead atoms. The highest BCUT2D eigenvalue weighted by Crippen LogP contribution is 2.51. The maximum Gasteiger partial charge on any atom is 0.344 e. The first-order valence-electron chi connectivity index (χ1n) is 6.24. The lowest BCUT2D eigenvalue weighted by Gasteiger charge is -2.37. The van der Waals surface area contributed by atoms with Crippen molar-refractivity contribution in [1.82, 2.24) is 0 Å². The number of hydrogen-bond acceptors (Lipinski definition) is 2. The Morgan fingerprint density at radius 3 is 1.47 bits per heavy atom. The summed E-state index contributed by atoms with van der Waals surface area (Å²) in [7, 11) is -1.97. The van der Waals surface area contributed by atoms with Crippen molar-refractivity contribution in [3.05, 3.63) is 0 Å². The van der Waals surface area contributed by atoms with Gasteiger partial charge in [0.25, 0.3) is 0 Å². The van der Waals surface area contributed by atoms with E-state index in [0.717, 1.165) is 5.54 Å². The van der Waals surface area contributed by atoms with Crippen LogP contribution < -0.4 is 0 Å². The monoisotopic (exact) mass is 230 g/mol. The summed E-state index contributed by atoms with van der Waals surface area (Å²) in [6.07, 6.45) is 3.20. The molecule has 2 nitrogen and oxygen atoms in total. The average molecular weight is 230 g/mol. The van der Waals surface area contributed by atoms with Gasteiger partial charge in [-0.2, -0.15) is 0 Å². The Morgan fingerprint density at radius 1 is 0.867 bits per heavy atom. The van der Waals surface area contributed by atoms with Gasteiger partial charge < -0.3 is 8.85 Å². The van der Waals surface area contributed by atoms with E-state index in [1.165, 1.54) is 12.8 Å². The molecule has 0 heterocycles. The van der Waals surface area contributed by atoms with E-state index in [0.29, 0.717) is 17.7 Å². The fourth-order valence-corrected chi connectivity index (χ4v) is 6.56. The Balaban J connectivity index is 2.78. The van der Waals surface area contributed by atoms with E-state index in [-0.39, 0.29) is 0 Å². The first-order valence-corrected chi connectivity index (χ1v) is 8.21. The van der Waals surface area contributed by atoms with Crippen LogP contribution in [0.3, 0.4) is 0 Å². The van der Waals surface area contributed by atoms with E-state index in [2.05, 4.69) is 41.5 Å². The van der Waals surface area contributed by atoms with Crippen LogP contribution in [0.1, 0.15) is 54.4 Å². The average Bonchev–Trinajstić information content (AvgIpc) is 2.81. The summed E-state index contributed by atoms with van der Waals surface area (Å²) in [5.74, 6) is 0. The summed E-state index contributed by atoms with van der Waals surface area (Å²) in [6.45, 7) is 13.0. The maximum absolute atomic E-state index is 6.25. The van der Waals surface area contributed by atoms with Crippen LogP contribution in [0.4, 0.5) is 0 Å². The topological polar surface area (TPSA) is 18.5 Å². The zero-order valence-electron chi connectivity index (χ0n) is 11.0. The summed E-state index contributed by atoms with van der Waals surface area (Å²) in [4.78, 5) is 0. The fourth-order valence-electron chi connectivity index (χ4n) is 2.19. The lowest BCUT2D eigenvalue weighted by atomic mass is 10.5. The molecule has 0 aliphatic heterocycles. The molecule has 0 atom stereocenters. The van der Waals surface area contributed by atoms with Gasteiger partial charge in [-0.1, -0.05) is 13.8 Å². The van der Waals surface area contributed by atoms with Crippen LogP contribution in [0.15, 0.2) is 0 Å². The Morgan fingerprint density at radius 2 is 1.27 bits per heavy atom. The molecule has 0 aromatic carbocycles. The van der Waals surface area contributed by atoms with Crippen LogP contribution in [0, 0.1) is 0 Å². The summed E-state index contributed by atoms with van der Waals surface area (Å²) in [5.41, 5.74) is 1.29. The minimum absolute atomic E-state index is 0.290. The van der Waals surface area contributed by atoms with Crippen LogP contribution >= 0.6 is 0 Å². The maximum atomic E-state index is 6.25. The van der Waals surface area contributed by atoms with Gasteiger partial charge in [-0.15, -0.1) is 0 Å². The zero-order chi connectivity index (χ0) is 11.6. The van der Waals surface area contributed by atoms with Crippen LogP contribution in [0.5, 0.6) is 0 Å². The molecule has 1 aliphatic carbocycles. The first kappa shape index (κ1) is 13.2. The predicted octanol–water partition coefficient (Wildman–Crippen LogP) is 3.85. The third-order valence-electron chi connectivity index (χ3n) is 2.79. The van der Waals surface area contributed by atoms with E-state index in [9.17, 15) is 0 Å². The first-order chi connectivity index (χ1) is 6.88. The molecule has 3 heteroatoms. The molecule has 0 radical (unpaired) electrons. The molecule has 1 rings (SSSR count). The molecule has 0 aromatic heterocycles. The standard InChI is InChI=1S/C12H26O2Si/c1-9(2)13-15(11(5)6,12-7-8-12)14-10(3)4/h9-12H,7-8H2,1-6H3. The van der Waals surface area contributed by atoms with Crippen molar-refractivity contribution < 1.29 is 8.85 Å². The minimum atomic E-state index is -1.97. The Kier molecular flexibility index (Phi) is 4.38. The van der Waals surface area contributed by atoms with Crippen molar-refractivity contribution >= 4 is 8.56 Å². The van der Waals surface area contributed by atoms with Crippen LogP contribution in [0.2, 0.25) is 11.1 Å². The third-order valence-corrected chi connectivity index (χ3v) is 7.80. The molecule has 1 fully saturated rings. The highest BCUT2D eigenvalue weighted by Gasteiger charge is 2.55. The van der Waals surface area contributed by atoms with Crippen molar-refractivity contribution in [3.63, 3.8) is 0 Å². The number of hydrogen-bond donors (Lipinski definition) is 0. The fraction of sp³-hybridized carbons (Fsp3) is 1.00. The lowest BCUT2D eigenvalue weighted by molar-refractivity contribution is 0.0971. The lowest BCUT2D eigenvalue weighted by Crippen LogP contribution is -2.49. The van der Waals surface area contributed by atoms with E-state index < -0.39 is 8.56 Å². The number of rotatable bonds is 6. The Labute approximate surface area is 95.6 Å². The van der Waals surface area contributed by atoms with Crippen molar-refractivity contribution in [1.29, 1.82) is 0 Å². The summed E-state index contributed by atoms with van der Waals surface area (Å²) in [6, 6.07) is 0. The normalized spacial score (nSPS) is 18.2. The zero-order valence-corrected chi connectivity index (χ0v) is 12.0. The van der Waals surface area contributed by atoms with Gasteiger partial charge in [0.1, 0.15) is 0 Å². The summed E-state index contributed by atoms with van der Waals surface area (Å²) >= 11 is 0. The predicted molar refractivity (Wildman–Crippen MR) is 66.3 cm³/mol. The molecule has 0 amide bonds. The second-order valence-electron chi connectivity index (χ2n) is 5.48. The van der Waals surface area contributed by atoms with E-state index in [1.807, 2.05) is 0 Å². The molecular formula is C12H26O2Si. The van der Waals surface area contributed by atoms with Gasteiger partial charge in [0.2, 0.25) is 0 Å². The SMILES string of the molecule is CC(C)O[Si](OC(C)C)(C(C)C)C1CC1. The van der Waals surface area contributed by atoms with Gasteiger partial charge in [0.05, 0.1) is 0 Å². The highest BCUT2D eigenvalue weighted by atomic mass is 28.4. The van der Waals surface area contributed by atoms with Gasteiger partial charge in [-0.3, -0.25) is 0 Å². The van der Waals surface area contributed by atoms with Gasteiger partial charge in [-0.05, 0) is 46.1 Å². The smallest absolute Gasteiger partial charge is 0.344 e.